The summed E-state index contributed by atoms with van der Waals surface area (Å²) in [5, 5.41) is 9.83. The normalized spacial score (nSPS) is 11.0. The largest absolute Gasteiger partial charge is 0.507 e. The van der Waals surface area contributed by atoms with E-state index in [0.29, 0.717) is 15.8 Å². The molecule has 0 radical (unpaired) electrons. The molecule has 0 aliphatic carbocycles. The van der Waals surface area contributed by atoms with Gasteiger partial charge in [0.2, 0.25) is 0 Å². The van der Waals surface area contributed by atoms with E-state index in [0.717, 1.165) is 0 Å². The van der Waals surface area contributed by atoms with Crippen molar-refractivity contribution in [1.29, 1.82) is 0 Å². The molecule has 1 N–H and O–H groups in total. The Kier molecular flexibility index (Phi) is 4.51. The number of fused-ring (bicyclic) bond motifs is 1. The van der Waals surface area contributed by atoms with E-state index >= 15 is 0 Å². The van der Waals surface area contributed by atoms with E-state index < -0.39 is 19.1 Å². The number of aromatic hydroxyl groups is 1. The van der Waals surface area contributed by atoms with Crippen LogP contribution in [0.4, 0.5) is 8.78 Å². The summed E-state index contributed by atoms with van der Waals surface area (Å²) in [6.45, 7) is -3.28. The Morgan fingerprint density at radius 3 is 2.72 bits per heavy atom. The van der Waals surface area contributed by atoms with Crippen molar-refractivity contribution in [2.75, 3.05) is 7.11 Å². The van der Waals surface area contributed by atoms with Gasteiger partial charge in [-0.3, -0.25) is 4.57 Å². The van der Waals surface area contributed by atoms with Gasteiger partial charge in [0.15, 0.2) is 5.82 Å². The molecule has 0 unspecified atom stereocenters. The van der Waals surface area contributed by atoms with Crippen LogP contribution >= 0.6 is 0 Å². The second-order valence-corrected chi connectivity index (χ2v) is 5.12. The molecule has 0 saturated heterocycles. The van der Waals surface area contributed by atoms with Crippen LogP contribution in [0.25, 0.3) is 11.0 Å². The second kappa shape index (κ2) is 6.76. The number of benzene rings is 2. The van der Waals surface area contributed by atoms with E-state index in [-0.39, 0.29) is 22.7 Å². The van der Waals surface area contributed by atoms with Crippen molar-refractivity contribution in [1.82, 2.24) is 9.55 Å². The van der Waals surface area contributed by atoms with E-state index in [1.807, 2.05) is 0 Å². The highest BCUT2D eigenvalue weighted by Crippen LogP contribution is 2.26. The number of esters is 1. The molecule has 8 heteroatoms. The van der Waals surface area contributed by atoms with Crippen molar-refractivity contribution >= 4 is 17.0 Å². The van der Waals surface area contributed by atoms with Crippen molar-refractivity contribution < 1.29 is 28.2 Å². The number of phenolic OH excluding ortho intramolecular Hbond substituents is 1. The van der Waals surface area contributed by atoms with Crippen molar-refractivity contribution in [3.63, 3.8) is 0 Å². The third-order valence-corrected chi connectivity index (χ3v) is 3.62. The highest BCUT2D eigenvalue weighted by Gasteiger charge is 2.20. The lowest BCUT2D eigenvalue weighted by Crippen LogP contribution is -2.10. The van der Waals surface area contributed by atoms with Crippen LogP contribution in [0.2, 0.25) is 0 Å². The number of ether oxygens (including phenoxy) is 2. The van der Waals surface area contributed by atoms with Gasteiger partial charge in [-0.05, 0) is 24.3 Å². The number of phenols is 1. The van der Waals surface area contributed by atoms with Crippen molar-refractivity contribution in [2.45, 2.75) is 13.2 Å². The highest BCUT2D eigenvalue weighted by molar-refractivity contribution is 5.92. The second-order valence-electron chi connectivity index (χ2n) is 5.12. The number of halogens is 2. The van der Waals surface area contributed by atoms with Crippen LogP contribution < -0.4 is 4.74 Å². The Morgan fingerprint density at radius 2 is 2.04 bits per heavy atom. The molecule has 0 spiro atoms. The Balaban J connectivity index is 1.83. The molecule has 0 fully saturated rings. The van der Waals surface area contributed by atoms with E-state index in [2.05, 4.69) is 4.98 Å². The third kappa shape index (κ3) is 3.23. The molecule has 2 aromatic carbocycles. The maximum absolute atomic E-state index is 13.3. The van der Waals surface area contributed by atoms with Gasteiger partial charge in [0.1, 0.15) is 23.7 Å². The lowest BCUT2D eigenvalue weighted by Gasteiger charge is -2.09. The first-order valence-corrected chi connectivity index (χ1v) is 7.29. The number of rotatable bonds is 5. The smallest absolute Gasteiger partial charge is 0.342 e. The minimum Gasteiger partial charge on any atom is -0.507 e. The SMILES string of the molecule is COc1ccc(C(=O)OCc2nc3ccccc3n2C(F)F)c(O)c1. The van der Waals surface area contributed by atoms with Crippen LogP contribution in [-0.2, 0) is 11.3 Å². The van der Waals surface area contributed by atoms with Crippen molar-refractivity contribution in [2.24, 2.45) is 0 Å². The fourth-order valence-corrected chi connectivity index (χ4v) is 2.43. The topological polar surface area (TPSA) is 73.6 Å². The van der Waals surface area contributed by atoms with Gasteiger partial charge in [-0.15, -0.1) is 0 Å². The summed E-state index contributed by atoms with van der Waals surface area (Å²) in [5.74, 6) is -0.897. The number of carbonyl (C=O) groups is 1. The average molecular weight is 348 g/mol. The molecular weight excluding hydrogens is 334 g/mol. The van der Waals surface area contributed by atoms with Gasteiger partial charge in [0.05, 0.1) is 18.1 Å². The van der Waals surface area contributed by atoms with Gasteiger partial charge in [0, 0.05) is 6.07 Å². The first kappa shape index (κ1) is 16.7. The van der Waals surface area contributed by atoms with Crippen molar-refractivity contribution in [3.8, 4) is 11.5 Å². The Labute approximate surface area is 141 Å². The summed E-state index contributed by atoms with van der Waals surface area (Å²) >= 11 is 0. The third-order valence-electron chi connectivity index (χ3n) is 3.62. The van der Waals surface area contributed by atoms with Crippen molar-refractivity contribution in [3.05, 3.63) is 53.9 Å². The van der Waals surface area contributed by atoms with Crippen LogP contribution in [0.15, 0.2) is 42.5 Å². The molecule has 0 bridgehead atoms. The zero-order valence-electron chi connectivity index (χ0n) is 13.1. The van der Waals surface area contributed by atoms with Gasteiger partial charge < -0.3 is 14.6 Å². The fraction of sp³-hybridized carbons (Fsp3) is 0.176. The average Bonchev–Trinajstić information content (AvgIpc) is 2.98. The molecule has 6 nitrogen and oxygen atoms in total. The zero-order chi connectivity index (χ0) is 18.0. The molecule has 3 aromatic rings. The molecule has 0 aliphatic rings. The fourth-order valence-electron chi connectivity index (χ4n) is 2.43. The minimum atomic E-state index is -2.82. The number of para-hydroxylation sites is 2. The number of carbonyl (C=O) groups excluding carboxylic acids is 1. The van der Waals surface area contributed by atoms with E-state index in [1.54, 1.807) is 18.2 Å². The van der Waals surface area contributed by atoms with Gasteiger partial charge in [-0.25, -0.2) is 9.78 Å². The highest BCUT2D eigenvalue weighted by atomic mass is 19.3. The lowest BCUT2D eigenvalue weighted by atomic mass is 10.2. The van der Waals surface area contributed by atoms with E-state index in [4.69, 9.17) is 9.47 Å². The van der Waals surface area contributed by atoms with Crippen LogP contribution in [0, 0.1) is 0 Å². The number of nitrogens with zero attached hydrogens (tertiary/aromatic N) is 2. The molecule has 0 amide bonds. The van der Waals surface area contributed by atoms with Gasteiger partial charge in [-0.2, -0.15) is 8.78 Å². The van der Waals surface area contributed by atoms with Crippen LogP contribution in [0.3, 0.4) is 0 Å². The molecule has 0 saturated carbocycles. The van der Waals surface area contributed by atoms with Crippen LogP contribution in [-0.4, -0.2) is 27.7 Å². The summed E-state index contributed by atoms with van der Waals surface area (Å²) in [6.07, 6.45) is 0. The molecule has 130 valence electrons. The Bertz CT molecular complexity index is 924. The maximum Gasteiger partial charge on any atom is 0.342 e. The van der Waals surface area contributed by atoms with Gasteiger partial charge in [-0.1, -0.05) is 12.1 Å². The number of methoxy groups -OCH3 is 1. The quantitative estimate of drug-likeness (QED) is 0.715. The maximum atomic E-state index is 13.3. The predicted molar refractivity (Wildman–Crippen MR) is 84.8 cm³/mol. The van der Waals surface area contributed by atoms with E-state index in [9.17, 15) is 18.7 Å². The summed E-state index contributed by atoms with van der Waals surface area (Å²) in [5.41, 5.74) is 0.525. The number of alkyl halides is 2. The molecule has 0 atom stereocenters. The summed E-state index contributed by atoms with van der Waals surface area (Å²) < 4.78 is 37.3. The first-order valence-electron chi connectivity index (χ1n) is 7.29. The first-order chi connectivity index (χ1) is 12.0. The monoisotopic (exact) mass is 348 g/mol. The predicted octanol–water partition coefficient (Wildman–Crippen LogP) is 3.50. The Morgan fingerprint density at radius 1 is 1.28 bits per heavy atom. The number of hydrogen-bond acceptors (Lipinski definition) is 5. The molecule has 25 heavy (non-hydrogen) atoms. The van der Waals surface area contributed by atoms with Gasteiger partial charge >= 0.3 is 12.5 Å². The zero-order valence-corrected chi connectivity index (χ0v) is 13.1. The summed E-state index contributed by atoms with van der Waals surface area (Å²) in [4.78, 5) is 16.2. The van der Waals surface area contributed by atoms with Crippen LogP contribution in [0.5, 0.6) is 11.5 Å². The Hall–Kier alpha value is -3.16. The molecule has 0 aliphatic heterocycles. The summed E-state index contributed by atoms with van der Waals surface area (Å²) in [6, 6.07) is 10.5. The van der Waals surface area contributed by atoms with E-state index in [1.165, 1.54) is 31.4 Å². The lowest BCUT2D eigenvalue weighted by molar-refractivity contribution is 0.0384. The number of hydrogen-bond donors (Lipinski definition) is 1. The molecule has 1 aromatic heterocycles. The summed E-state index contributed by atoms with van der Waals surface area (Å²) in [7, 11) is 1.42. The number of imidazole rings is 1. The standard InChI is InChI=1S/C17H14F2N2O4/c1-24-10-6-7-11(14(22)8-10)16(23)25-9-15-20-12-4-2-3-5-13(12)21(15)17(18)19/h2-8,17,22H,9H2,1H3. The van der Waals surface area contributed by atoms with Gasteiger partial charge in [0.25, 0.3) is 0 Å². The molecular formula is C17H14F2N2O4. The number of aromatic nitrogens is 2. The molecule has 1 heterocycles. The molecule has 3 rings (SSSR count). The van der Waals surface area contributed by atoms with Crippen LogP contribution in [0.1, 0.15) is 22.7 Å². The minimum absolute atomic E-state index is 0.0856.